The zero-order valence-electron chi connectivity index (χ0n) is 8.77. The highest BCUT2D eigenvalue weighted by Gasteiger charge is 2.34. The largest absolute Gasteiger partial charge is 0.442 e. The molecule has 0 saturated carbocycles. The molecule has 1 N–H and O–H groups in total. The first-order valence-electron chi connectivity index (χ1n) is 4.44. The number of rotatable bonds is 5. The minimum Gasteiger partial charge on any atom is -0.420 e. The quantitative estimate of drug-likeness (QED) is 0.815. The van der Waals surface area contributed by atoms with Gasteiger partial charge in [0.2, 0.25) is 0 Å². The lowest BCUT2D eigenvalue weighted by Crippen LogP contribution is -2.01. The molecule has 1 unspecified atom stereocenters. The van der Waals surface area contributed by atoms with E-state index in [1.54, 1.807) is 23.9 Å². The lowest BCUT2D eigenvalue weighted by molar-refractivity contribution is 0.188. The predicted molar refractivity (Wildman–Crippen MR) is 67.8 cm³/mol. The molecule has 1 atom stereocenters. The summed E-state index contributed by atoms with van der Waals surface area (Å²) < 4.78 is 40.2. The van der Waals surface area contributed by atoms with E-state index in [9.17, 15) is 13.3 Å². The van der Waals surface area contributed by atoms with Gasteiger partial charge in [0, 0.05) is 5.75 Å². The van der Waals surface area contributed by atoms with Gasteiger partial charge in [-0.1, -0.05) is 6.07 Å². The molecule has 0 saturated heterocycles. The molecule has 96 valence electrons. The van der Waals surface area contributed by atoms with Crippen molar-refractivity contribution in [1.82, 2.24) is 0 Å². The van der Waals surface area contributed by atoms with Crippen molar-refractivity contribution in [3.8, 4) is 5.75 Å². The van der Waals surface area contributed by atoms with Crippen molar-refractivity contribution in [2.75, 3.05) is 6.26 Å². The van der Waals surface area contributed by atoms with Gasteiger partial charge in [-0.15, -0.1) is 0 Å². The normalized spacial score (nSPS) is 14.7. The highest BCUT2D eigenvalue weighted by atomic mass is 79.9. The second-order valence-electron chi connectivity index (χ2n) is 3.13. The third-order valence-electron chi connectivity index (χ3n) is 1.78. The van der Waals surface area contributed by atoms with Gasteiger partial charge in [-0.3, -0.25) is 0 Å². The Morgan fingerprint density at radius 2 is 2.24 bits per heavy atom. The number of benzene rings is 1. The molecule has 0 heterocycles. The Hall–Kier alpha value is -0.100. The minimum absolute atomic E-state index is 0.0685. The van der Waals surface area contributed by atoms with Crippen molar-refractivity contribution in [3.05, 3.63) is 28.2 Å². The van der Waals surface area contributed by atoms with E-state index in [4.69, 9.17) is 4.89 Å². The average Bonchev–Trinajstić information content (AvgIpc) is 2.22. The Balaban J connectivity index is 2.90. The molecule has 0 aliphatic heterocycles. The maximum Gasteiger partial charge on any atom is 0.442 e. The van der Waals surface area contributed by atoms with Gasteiger partial charge >= 0.3 is 13.8 Å². The van der Waals surface area contributed by atoms with Crippen LogP contribution in [0.1, 0.15) is 5.56 Å². The van der Waals surface area contributed by atoms with Gasteiger partial charge < -0.3 is 9.42 Å². The maximum absolute atomic E-state index is 12.2. The molecule has 0 amide bonds. The summed E-state index contributed by atoms with van der Waals surface area (Å²) in [4.78, 5) is 8.90. The van der Waals surface area contributed by atoms with E-state index in [2.05, 4.69) is 20.5 Å². The summed E-state index contributed by atoms with van der Waals surface area (Å²) in [6.07, 6.45) is -1.49. The molecule has 1 aromatic rings. The SMILES string of the molecule is CSCc1ccc(OP(=O)(O)C(F)F)c(Br)c1. The second kappa shape index (κ2) is 6.18. The van der Waals surface area contributed by atoms with Crippen LogP contribution in [0.3, 0.4) is 0 Å². The van der Waals surface area contributed by atoms with Crippen LogP contribution in [-0.4, -0.2) is 17.3 Å². The summed E-state index contributed by atoms with van der Waals surface area (Å²) in [6.45, 7) is 0. The van der Waals surface area contributed by atoms with E-state index in [-0.39, 0.29) is 5.75 Å². The van der Waals surface area contributed by atoms with Crippen LogP contribution in [-0.2, 0) is 10.3 Å². The molecule has 0 aliphatic rings. The van der Waals surface area contributed by atoms with Crippen LogP contribution in [0.5, 0.6) is 5.75 Å². The highest BCUT2D eigenvalue weighted by molar-refractivity contribution is 9.10. The summed E-state index contributed by atoms with van der Waals surface area (Å²) in [5, 5.41) is 0. The molecular weight excluding hydrogens is 337 g/mol. The van der Waals surface area contributed by atoms with Crippen LogP contribution in [0.25, 0.3) is 0 Å². The third kappa shape index (κ3) is 4.25. The average molecular weight is 347 g/mol. The van der Waals surface area contributed by atoms with Gasteiger partial charge in [0.05, 0.1) is 4.47 Å². The smallest absolute Gasteiger partial charge is 0.420 e. The monoisotopic (exact) mass is 346 g/mol. The summed E-state index contributed by atoms with van der Waals surface area (Å²) in [5.41, 5.74) is 0.960. The predicted octanol–water partition coefficient (Wildman–Crippen LogP) is 4.10. The molecule has 0 bridgehead atoms. The Morgan fingerprint density at radius 3 is 2.71 bits per heavy atom. The minimum atomic E-state index is -4.91. The van der Waals surface area contributed by atoms with Crippen LogP contribution in [0, 0.1) is 0 Å². The summed E-state index contributed by atoms with van der Waals surface area (Å²) in [7, 11) is -4.91. The molecular formula is C9H10BrF2O3PS. The standard InChI is InChI=1S/C9H10BrF2O3PS/c1-17-5-6-2-3-8(7(10)4-6)15-16(13,14)9(11)12/h2-4,9H,5H2,1H3,(H,13,14). The van der Waals surface area contributed by atoms with Crippen LogP contribution >= 0.6 is 35.3 Å². The van der Waals surface area contributed by atoms with Crippen molar-refractivity contribution < 1.29 is 22.8 Å². The first kappa shape index (κ1) is 15.0. The zero-order valence-corrected chi connectivity index (χ0v) is 12.1. The molecule has 0 aromatic heterocycles. The van der Waals surface area contributed by atoms with Gasteiger partial charge in [0.1, 0.15) is 5.75 Å². The Labute approximate surface area is 110 Å². The third-order valence-corrected chi connectivity index (χ3v) is 3.98. The van der Waals surface area contributed by atoms with E-state index in [0.717, 1.165) is 11.3 Å². The Bertz CT molecular complexity index is 444. The molecule has 0 spiro atoms. The summed E-state index contributed by atoms with van der Waals surface area (Å²) in [5.74, 6) is 0.686. The van der Waals surface area contributed by atoms with Crippen LogP contribution in [0.2, 0.25) is 0 Å². The first-order valence-corrected chi connectivity index (χ1v) is 8.27. The van der Waals surface area contributed by atoms with Crippen LogP contribution < -0.4 is 4.52 Å². The maximum atomic E-state index is 12.2. The van der Waals surface area contributed by atoms with Crippen molar-refractivity contribution in [2.24, 2.45) is 0 Å². The summed E-state index contributed by atoms with van der Waals surface area (Å²) >= 11 is 4.71. The molecule has 8 heteroatoms. The van der Waals surface area contributed by atoms with Crippen molar-refractivity contribution >= 4 is 35.3 Å². The topological polar surface area (TPSA) is 46.5 Å². The fourth-order valence-electron chi connectivity index (χ4n) is 1.06. The highest BCUT2D eigenvalue weighted by Crippen LogP contribution is 2.50. The fourth-order valence-corrected chi connectivity index (χ4v) is 2.72. The number of hydrogen-bond donors (Lipinski definition) is 1. The van der Waals surface area contributed by atoms with Crippen LogP contribution in [0.4, 0.5) is 8.78 Å². The van der Waals surface area contributed by atoms with E-state index in [0.29, 0.717) is 4.47 Å². The fraction of sp³-hybridized carbons (Fsp3) is 0.333. The van der Waals surface area contributed by atoms with E-state index < -0.39 is 13.8 Å². The van der Waals surface area contributed by atoms with Crippen molar-refractivity contribution in [3.63, 3.8) is 0 Å². The molecule has 0 radical (unpaired) electrons. The second-order valence-corrected chi connectivity index (χ2v) is 6.55. The Morgan fingerprint density at radius 1 is 1.59 bits per heavy atom. The van der Waals surface area contributed by atoms with Gasteiger partial charge in [0.25, 0.3) is 0 Å². The van der Waals surface area contributed by atoms with E-state index >= 15 is 0 Å². The lowest BCUT2D eigenvalue weighted by atomic mass is 10.2. The first-order chi connectivity index (χ1) is 7.86. The van der Waals surface area contributed by atoms with Crippen molar-refractivity contribution in [1.29, 1.82) is 0 Å². The van der Waals surface area contributed by atoms with Crippen molar-refractivity contribution in [2.45, 2.75) is 11.9 Å². The lowest BCUT2D eigenvalue weighted by Gasteiger charge is -2.13. The summed E-state index contributed by atoms with van der Waals surface area (Å²) in [6, 6.07) is 4.71. The van der Waals surface area contributed by atoms with E-state index in [1.165, 1.54) is 6.07 Å². The Kier molecular flexibility index (Phi) is 5.44. The zero-order chi connectivity index (χ0) is 13.1. The number of halogens is 3. The molecule has 3 nitrogen and oxygen atoms in total. The van der Waals surface area contributed by atoms with Gasteiger partial charge in [-0.25, -0.2) is 4.57 Å². The molecule has 1 rings (SSSR count). The van der Waals surface area contributed by atoms with Gasteiger partial charge in [0.15, 0.2) is 0 Å². The number of alkyl halides is 2. The van der Waals surface area contributed by atoms with Gasteiger partial charge in [-0.05, 0) is 39.9 Å². The van der Waals surface area contributed by atoms with Crippen LogP contribution in [0.15, 0.2) is 22.7 Å². The molecule has 17 heavy (non-hydrogen) atoms. The number of hydrogen-bond acceptors (Lipinski definition) is 3. The van der Waals surface area contributed by atoms with Gasteiger partial charge in [-0.2, -0.15) is 20.5 Å². The molecule has 0 fully saturated rings. The van der Waals surface area contributed by atoms with E-state index in [1.807, 2.05) is 6.26 Å². The molecule has 1 aromatic carbocycles. The number of thioether (sulfide) groups is 1. The molecule has 0 aliphatic carbocycles.